The Hall–Kier alpha value is -1.80. The number of methoxy groups -OCH3 is 1. The smallest absolute Gasteiger partial charge is 0.554 e. The first-order valence-corrected chi connectivity index (χ1v) is 10.5. The van der Waals surface area contributed by atoms with Crippen molar-refractivity contribution in [1.82, 2.24) is 0 Å². The van der Waals surface area contributed by atoms with Gasteiger partial charge in [-0.15, -0.1) is 6.07 Å². The molecule has 0 unspecified atom stereocenters. The van der Waals surface area contributed by atoms with Crippen molar-refractivity contribution < 1.29 is 24.2 Å². The van der Waals surface area contributed by atoms with E-state index in [0.717, 1.165) is 17.0 Å². The third-order valence-corrected chi connectivity index (χ3v) is 7.80. The molecule has 0 spiro atoms. The van der Waals surface area contributed by atoms with Gasteiger partial charge in [-0.05, 0) is 37.5 Å². The Kier molecular flexibility index (Phi) is 5.65. The van der Waals surface area contributed by atoms with Gasteiger partial charge in [-0.25, -0.2) is 0 Å². The van der Waals surface area contributed by atoms with E-state index < -0.39 is 0 Å². The van der Waals surface area contributed by atoms with Crippen LogP contribution in [0.25, 0.3) is 0 Å². The molecule has 0 saturated carbocycles. The molecule has 1 atom stereocenters. The van der Waals surface area contributed by atoms with Crippen molar-refractivity contribution >= 4 is 11.4 Å². The summed E-state index contributed by atoms with van der Waals surface area (Å²) in [5.41, 5.74) is 9.21. The molecule has 1 radical (unpaired) electrons. The molecule has 0 aromatic heterocycles. The minimum Gasteiger partial charge on any atom is -0.554 e. The molecular formula is C26H33N2ORu. The maximum atomic E-state index is 5.57. The molecule has 0 bridgehead atoms. The van der Waals surface area contributed by atoms with Crippen molar-refractivity contribution in [3.05, 3.63) is 64.5 Å². The fourth-order valence-electron chi connectivity index (χ4n) is 4.96. The Labute approximate surface area is 194 Å². The van der Waals surface area contributed by atoms with E-state index >= 15 is 0 Å². The second-order valence-electron chi connectivity index (χ2n) is 9.61. The van der Waals surface area contributed by atoms with Crippen LogP contribution in [0, 0.1) is 32.3 Å². The van der Waals surface area contributed by atoms with Crippen LogP contribution in [-0.4, -0.2) is 13.3 Å². The topological polar surface area (TPSA) is 15.7 Å². The average Bonchev–Trinajstić information content (AvgIpc) is 3.00. The van der Waals surface area contributed by atoms with Gasteiger partial charge in [0.05, 0.1) is 13.3 Å². The molecular weight excluding hydrogens is 457 g/mol. The summed E-state index contributed by atoms with van der Waals surface area (Å²) in [6, 6.07) is 11.9. The van der Waals surface area contributed by atoms with E-state index in [1.54, 1.807) is 7.11 Å². The van der Waals surface area contributed by atoms with Crippen molar-refractivity contribution in [2.45, 2.75) is 67.0 Å². The molecule has 0 amide bonds. The first-order chi connectivity index (χ1) is 13.5. The minimum atomic E-state index is -0.0127. The molecule has 2 aliphatic rings. The van der Waals surface area contributed by atoms with Gasteiger partial charge in [-0.1, -0.05) is 58.0 Å². The van der Waals surface area contributed by atoms with Crippen LogP contribution in [0.2, 0.25) is 0 Å². The standard InChI is InChI=1S/C26H33N2O.Ru/c1-16-13-14-20-24(17(16)2)28-19(4)27(15-23(28)26(7,8)25(20,5)6)21-11-10-12-22(29-9)18(21)3;/h11-15,19H,1-9H3;/q-1;+1/t19-;/m1./s1. The molecule has 0 fully saturated rings. The molecule has 0 aliphatic carbocycles. The van der Waals surface area contributed by atoms with Crippen molar-refractivity contribution in [1.29, 1.82) is 0 Å². The van der Waals surface area contributed by atoms with Crippen LogP contribution >= 0.6 is 0 Å². The van der Waals surface area contributed by atoms with Crippen LogP contribution in [-0.2, 0) is 24.9 Å². The fourth-order valence-corrected chi connectivity index (χ4v) is 4.96. The van der Waals surface area contributed by atoms with Gasteiger partial charge in [0.25, 0.3) is 0 Å². The number of hydrogen-bond donors (Lipinski definition) is 0. The first kappa shape index (κ1) is 22.9. The van der Waals surface area contributed by atoms with Gasteiger partial charge < -0.3 is 14.5 Å². The van der Waals surface area contributed by atoms with Crippen LogP contribution in [0.5, 0.6) is 5.75 Å². The number of anilines is 2. The van der Waals surface area contributed by atoms with E-state index in [1.807, 2.05) is 6.07 Å². The average molecular weight is 491 g/mol. The summed E-state index contributed by atoms with van der Waals surface area (Å²) in [4.78, 5) is 4.94. The normalized spacial score (nSPS) is 20.8. The second-order valence-corrected chi connectivity index (χ2v) is 9.61. The summed E-state index contributed by atoms with van der Waals surface area (Å²) in [5.74, 6) is 0.880. The van der Waals surface area contributed by atoms with Gasteiger partial charge in [0.1, 0.15) is 0 Å². The van der Waals surface area contributed by atoms with Gasteiger partial charge in [0, 0.05) is 34.2 Å². The molecule has 2 aromatic rings. The number of rotatable bonds is 2. The first-order valence-electron chi connectivity index (χ1n) is 10.5. The van der Waals surface area contributed by atoms with Crippen LogP contribution in [0.3, 0.4) is 0 Å². The van der Waals surface area contributed by atoms with Crippen molar-refractivity contribution in [3.63, 3.8) is 0 Å². The van der Waals surface area contributed by atoms with E-state index in [0.29, 0.717) is 0 Å². The molecule has 2 aliphatic heterocycles. The summed E-state index contributed by atoms with van der Waals surface area (Å²) >= 11 is 0. The van der Waals surface area contributed by atoms with Crippen molar-refractivity contribution in [2.75, 3.05) is 16.9 Å². The third-order valence-electron chi connectivity index (χ3n) is 7.80. The number of fused-ring (bicyclic) bond motifs is 3. The van der Waals surface area contributed by atoms with Crippen LogP contribution in [0.4, 0.5) is 11.4 Å². The van der Waals surface area contributed by atoms with Gasteiger partial charge in [0.2, 0.25) is 0 Å². The summed E-state index contributed by atoms with van der Waals surface area (Å²) in [6.45, 7) is 18.4. The Balaban J connectivity index is 0.00000256. The number of hydrogen-bond acceptors (Lipinski definition) is 3. The maximum absolute atomic E-state index is 5.57. The summed E-state index contributed by atoms with van der Waals surface area (Å²) < 4.78 is 5.57. The molecule has 0 N–H and O–H groups in total. The van der Waals surface area contributed by atoms with Crippen molar-refractivity contribution in [2.24, 2.45) is 5.41 Å². The molecule has 3 nitrogen and oxygen atoms in total. The van der Waals surface area contributed by atoms with E-state index in [-0.39, 0.29) is 36.5 Å². The van der Waals surface area contributed by atoms with E-state index in [9.17, 15) is 0 Å². The Bertz CT molecular complexity index is 1020. The largest absolute Gasteiger partial charge is 1.00 e. The molecule has 2 aromatic carbocycles. The van der Waals surface area contributed by atoms with E-state index in [4.69, 9.17) is 4.74 Å². The molecule has 0 saturated heterocycles. The molecule has 4 heteroatoms. The van der Waals surface area contributed by atoms with E-state index in [2.05, 4.69) is 95.7 Å². The van der Waals surface area contributed by atoms with Gasteiger partial charge in [-0.3, -0.25) is 0 Å². The van der Waals surface area contributed by atoms with Gasteiger partial charge in [-0.2, -0.15) is 12.1 Å². The summed E-state index contributed by atoms with van der Waals surface area (Å²) in [6.07, 6.45) is 2.53. The van der Waals surface area contributed by atoms with Crippen LogP contribution in [0.15, 0.2) is 36.2 Å². The minimum absolute atomic E-state index is 0. The zero-order valence-electron chi connectivity index (χ0n) is 19.6. The quantitative estimate of drug-likeness (QED) is 0.366. The molecule has 30 heavy (non-hydrogen) atoms. The van der Waals surface area contributed by atoms with Gasteiger partial charge in [0.15, 0.2) is 0 Å². The molecule has 2 heterocycles. The Morgan fingerprint density at radius 3 is 2.27 bits per heavy atom. The zero-order valence-corrected chi connectivity index (χ0v) is 21.4. The van der Waals surface area contributed by atoms with Crippen LogP contribution < -0.4 is 14.5 Å². The predicted octanol–water partition coefficient (Wildman–Crippen LogP) is 6.25. The number of ether oxygens (including phenoxy) is 1. The van der Waals surface area contributed by atoms with E-state index in [1.165, 1.54) is 28.1 Å². The SMILES string of the molecule is COc1c[c-]cc(N2C=C3N(c4c(ccc(C)c4C)C(C)(C)C3(C)C)[C@@H]2C)c1C.[Ru+]. The summed E-state index contributed by atoms with van der Waals surface area (Å²) in [7, 11) is 1.73. The fraction of sp³-hybridized carbons (Fsp3) is 0.462. The Morgan fingerprint density at radius 2 is 1.63 bits per heavy atom. The van der Waals surface area contributed by atoms with Gasteiger partial charge >= 0.3 is 19.5 Å². The number of aryl methyl sites for hydroxylation is 1. The monoisotopic (exact) mass is 491 g/mol. The predicted molar refractivity (Wildman–Crippen MR) is 122 cm³/mol. The second kappa shape index (κ2) is 7.41. The number of benzene rings is 2. The van der Waals surface area contributed by atoms with Crippen molar-refractivity contribution in [3.8, 4) is 5.75 Å². The number of nitrogens with zero attached hydrogens (tertiary/aromatic N) is 2. The molecule has 161 valence electrons. The third kappa shape index (κ3) is 2.87. The number of allylic oxidation sites excluding steroid dienone is 1. The van der Waals surface area contributed by atoms with Crippen LogP contribution in [0.1, 0.15) is 56.9 Å². The zero-order chi connectivity index (χ0) is 21.3. The molecule has 4 rings (SSSR count). The maximum Gasteiger partial charge on any atom is 1.00 e. The summed E-state index contributed by atoms with van der Waals surface area (Å²) in [5, 5.41) is 0. The Morgan fingerprint density at radius 1 is 0.967 bits per heavy atom.